The molecule has 0 aliphatic carbocycles. The highest BCUT2D eigenvalue weighted by Crippen LogP contribution is 2.31. The van der Waals surface area contributed by atoms with Crippen molar-refractivity contribution in [2.75, 3.05) is 6.54 Å². The van der Waals surface area contributed by atoms with Crippen LogP contribution >= 0.6 is 15.9 Å². The monoisotopic (exact) mass is 360 g/mol. The van der Waals surface area contributed by atoms with Gasteiger partial charge in [0, 0.05) is 22.1 Å². The maximum atomic E-state index is 12.5. The van der Waals surface area contributed by atoms with Crippen LogP contribution in [0.5, 0.6) is 0 Å². The zero-order valence-electron chi connectivity index (χ0n) is 11.4. The minimum Gasteiger partial charge on any atom is -0.334 e. The Morgan fingerprint density at radius 2 is 2.05 bits per heavy atom. The summed E-state index contributed by atoms with van der Waals surface area (Å²) in [6.07, 6.45) is 1.90. The van der Waals surface area contributed by atoms with E-state index in [0.29, 0.717) is 16.6 Å². The number of amides is 1. The predicted octanol–water partition coefficient (Wildman–Crippen LogP) is 2.11. The van der Waals surface area contributed by atoms with E-state index in [-0.39, 0.29) is 16.3 Å². The van der Waals surface area contributed by atoms with E-state index in [0.717, 1.165) is 12.8 Å². The number of benzene rings is 1. The van der Waals surface area contributed by atoms with Crippen LogP contribution in [0, 0.1) is 0 Å². The summed E-state index contributed by atoms with van der Waals surface area (Å²) in [7, 11) is -3.86. The zero-order valence-corrected chi connectivity index (χ0v) is 13.8. The fourth-order valence-corrected chi connectivity index (χ4v) is 4.05. The van der Waals surface area contributed by atoms with Gasteiger partial charge in [-0.3, -0.25) is 4.79 Å². The van der Waals surface area contributed by atoms with E-state index in [1.165, 1.54) is 12.1 Å². The molecule has 1 aromatic carbocycles. The Balaban J connectivity index is 2.42. The Kier molecular flexibility index (Phi) is 3.96. The molecule has 1 aliphatic heterocycles. The SMILES string of the molecule is CC1(C)CCCN1C(=O)c1ccc(Br)c(S(N)(=O)=O)c1. The van der Waals surface area contributed by atoms with Gasteiger partial charge in [0.2, 0.25) is 10.0 Å². The summed E-state index contributed by atoms with van der Waals surface area (Å²) < 4.78 is 23.4. The normalized spacial score (nSPS) is 18.3. The third kappa shape index (κ3) is 2.89. The van der Waals surface area contributed by atoms with E-state index in [4.69, 9.17) is 5.14 Å². The summed E-state index contributed by atoms with van der Waals surface area (Å²) in [5, 5.41) is 5.15. The molecule has 1 amide bonds. The van der Waals surface area contributed by atoms with E-state index in [1.807, 2.05) is 13.8 Å². The number of likely N-dealkylation sites (tertiary alicyclic amines) is 1. The second-order valence-corrected chi connectivity index (χ2v) is 7.95. The summed E-state index contributed by atoms with van der Waals surface area (Å²) in [6.45, 7) is 4.71. The van der Waals surface area contributed by atoms with Crippen molar-refractivity contribution >= 4 is 31.9 Å². The number of hydrogen-bond donors (Lipinski definition) is 1. The van der Waals surface area contributed by atoms with Crippen LogP contribution in [0.4, 0.5) is 0 Å². The van der Waals surface area contributed by atoms with Crippen LogP contribution in [-0.4, -0.2) is 31.3 Å². The summed E-state index contributed by atoms with van der Waals surface area (Å²) in [6, 6.07) is 4.47. The molecule has 0 bridgehead atoms. The van der Waals surface area contributed by atoms with E-state index in [9.17, 15) is 13.2 Å². The smallest absolute Gasteiger partial charge is 0.254 e. The van der Waals surface area contributed by atoms with Gasteiger partial charge in [-0.1, -0.05) is 0 Å². The largest absolute Gasteiger partial charge is 0.334 e. The highest BCUT2D eigenvalue weighted by Gasteiger charge is 2.36. The predicted molar refractivity (Wildman–Crippen MR) is 79.9 cm³/mol. The first-order chi connectivity index (χ1) is 9.13. The fourth-order valence-electron chi connectivity index (χ4n) is 2.49. The average molecular weight is 361 g/mol. The number of primary sulfonamides is 1. The van der Waals surface area contributed by atoms with E-state index in [2.05, 4.69) is 15.9 Å². The molecule has 0 atom stereocenters. The number of sulfonamides is 1. The van der Waals surface area contributed by atoms with Crippen molar-refractivity contribution in [2.24, 2.45) is 5.14 Å². The van der Waals surface area contributed by atoms with Crippen molar-refractivity contribution < 1.29 is 13.2 Å². The van der Waals surface area contributed by atoms with Gasteiger partial charge in [-0.2, -0.15) is 0 Å². The lowest BCUT2D eigenvalue weighted by Crippen LogP contribution is -2.42. The standard InChI is InChI=1S/C13H17BrN2O3S/c1-13(2)6-3-7-16(13)12(17)9-4-5-10(14)11(8-9)20(15,18)19/h4-5,8H,3,6-7H2,1-2H3,(H2,15,18,19). The first kappa shape index (κ1) is 15.5. The minimum atomic E-state index is -3.86. The Labute approximate surface area is 127 Å². The Morgan fingerprint density at radius 3 is 2.55 bits per heavy atom. The Bertz CT molecular complexity index is 656. The minimum absolute atomic E-state index is 0.0691. The number of hydrogen-bond acceptors (Lipinski definition) is 3. The molecule has 1 heterocycles. The van der Waals surface area contributed by atoms with Gasteiger partial charge in [0.05, 0.1) is 4.90 Å². The van der Waals surface area contributed by atoms with Crippen LogP contribution in [0.2, 0.25) is 0 Å². The molecule has 0 aromatic heterocycles. The molecule has 0 radical (unpaired) electrons. The topological polar surface area (TPSA) is 80.5 Å². The molecule has 1 aromatic rings. The Hall–Kier alpha value is -0.920. The molecule has 1 fully saturated rings. The first-order valence-corrected chi connectivity index (χ1v) is 8.61. The van der Waals surface area contributed by atoms with Crippen molar-refractivity contribution in [3.8, 4) is 0 Å². The molecule has 7 heteroatoms. The number of rotatable bonds is 2. The number of carbonyl (C=O) groups is 1. The van der Waals surface area contributed by atoms with Gasteiger partial charge < -0.3 is 4.90 Å². The van der Waals surface area contributed by atoms with Crippen LogP contribution in [0.15, 0.2) is 27.6 Å². The maximum Gasteiger partial charge on any atom is 0.254 e. The number of nitrogens with zero attached hydrogens (tertiary/aromatic N) is 1. The summed E-state index contributed by atoms with van der Waals surface area (Å²) in [5.41, 5.74) is 0.138. The third-order valence-corrected chi connectivity index (χ3v) is 5.54. The molecule has 1 aliphatic rings. The molecule has 0 saturated carbocycles. The molecule has 1 saturated heterocycles. The third-order valence-electron chi connectivity index (χ3n) is 3.63. The highest BCUT2D eigenvalue weighted by atomic mass is 79.9. The van der Waals surface area contributed by atoms with Crippen LogP contribution in [0.25, 0.3) is 0 Å². The van der Waals surface area contributed by atoms with E-state index < -0.39 is 10.0 Å². The summed E-state index contributed by atoms with van der Waals surface area (Å²) >= 11 is 3.14. The molecule has 20 heavy (non-hydrogen) atoms. The lowest BCUT2D eigenvalue weighted by molar-refractivity contribution is 0.0651. The van der Waals surface area contributed by atoms with Gasteiger partial charge in [0.15, 0.2) is 0 Å². The first-order valence-electron chi connectivity index (χ1n) is 6.27. The fraction of sp³-hybridized carbons (Fsp3) is 0.462. The molecular weight excluding hydrogens is 344 g/mol. The second kappa shape index (κ2) is 5.13. The molecule has 110 valence electrons. The second-order valence-electron chi connectivity index (χ2n) is 5.56. The molecule has 2 rings (SSSR count). The molecule has 2 N–H and O–H groups in total. The van der Waals surface area contributed by atoms with Crippen molar-refractivity contribution in [3.63, 3.8) is 0 Å². The lowest BCUT2D eigenvalue weighted by Gasteiger charge is -2.31. The van der Waals surface area contributed by atoms with Crippen LogP contribution < -0.4 is 5.14 Å². The van der Waals surface area contributed by atoms with Gasteiger partial charge in [-0.05, 0) is 60.8 Å². The number of nitrogens with two attached hydrogens (primary N) is 1. The van der Waals surface area contributed by atoms with Gasteiger partial charge in [-0.25, -0.2) is 13.6 Å². The molecule has 0 spiro atoms. The Morgan fingerprint density at radius 1 is 1.40 bits per heavy atom. The molecule has 5 nitrogen and oxygen atoms in total. The number of carbonyl (C=O) groups excluding carboxylic acids is 1. The zero-order chi connectivity index (χ0) is 15.1. The summed E-state index contributed by atoms with van der Waals surface area (Å²) in [5.74, 6) is -0.162. The van der Waals surface area contributed by atoms with Gasteiger partial charge in [-0.15, -0.1) is 0 Å². The van der Waals surface area contributed by atoms with E-state index in [1.54, 1.807) is 11.0 Å². The number of halogens is 1. The van der Waals surface area contributed by atoms with Crippen LogP contribution in [0.1, 0.15) is 37.0 Å². The lowest BCUT2D eigenvalue weighted by atomic mass is 10.0. The quantitative estimate of drug-likeness (QED) is 0.876. The van der Waals surface area contributed by atoms with Crippen LogP contribution in [0.3, 0.4) is 0 Å². The summed E-state index contributed by atoms with van der Waals surface area (Å²) in [4.78, 5) is 14.2. The van der Waals surface area contributed by atoms with E-state index >= 15 is 0 Å². The maximum absolute atomic E-state index is 12.5. The van der Waals surface area contributed by atoms with Crippen molar-refractivity contribution in [1.82, 2.24) is 4.90 Å². The van der Waals surface area contributed by atoms with Crippen molar-refractivity contribution in [3.05, 3.63) is 28.2 Å². The van der Waals surface area contributed by atoms with Gasteiger partial charge >= 0.3 is 0 Å². The molecular formula is C13H17BrN2O3S. The highest BCUT2D eigenvalue weighted by molar-refractivity contribution is 9.10. The van der Waals surface area contributed by atoms with Crippen LogP contribution in [-0.2, 0) is 10.0 Å². The van der Waals surface area contributed by atoms with Gasteiger partial charge in [0.1, 0.15) is 0 Å². The van der Waals surface area contributed by atoms with Gasteiger partial charge in [0.25, 0.3) is 5.91 Å². The molecule has 0 unspecified atom stereocenters. The van der Waals surface area contributed by atoms with Crippen molar-refractivity contribution in [2.45, 2.75) is 37.1 Å². The average Bonchev–Trinajstić information content (AvgIpc) is 2.67. The van der Waals surface area contributed by atoms with Crippen molar-refractivity contribution in [1.29, 1.82) is 0 Å².